The molecule has 0 N–H and O–H groups in total. The van der Waals surface area contributed by atoms with E-state index >= 15 is 0 Å². The van der Waals surface area contributed by atoms with Crippen molar-refractivity contribution >= 4 is 11.7 Å². The lowest BCUT2D eigenvalue weighted by atomic mass is 9.97. The summed E-state index contributed by atoms with van der Waals surface area (Å²) in [6, 6.07) is 8.45. The molecule has 0 saturated heterocycles. The van der Waals surface area contributed by atoms with E-state index in [1.54, 1.807) is 24.5 Å². The Labute approximate surface area is 145 Å². The van der Waals surface area contributed by atoms with Gasteiger partial charge in [0.1, 0.15) is 5.82 Å². The molecule has 0 fully saturated rings. The Bertz CT molecular complexity index is 961. The Balaban J connectivity index is 1.84. The molecule has 1 atom stereocenters. The second-order valence-corrected chi connectivity index (χ2v) is 5.75. The fourth-order valence-corrected chi connectivity index (χ4v) is 2.82. The van der Waals surface area contributed by atoms with Gasteiger partial charge in [-0.15, -0.1) is 5.10 Å². The molecule has 3 heterocycles. The highest BCUT2D eigenvalue weighted by Gasteiger charge is 2.39. The van der Waals surface area contributed by atoms with Crippen molar-refractivity contribution in [2.45, 2.75) is 18.6 Å². The fourth-order valence-electron chi connectivity index (χ4n) is 2.82. The number of aromatic nitrogens is 4. The highest BCUT2D eigenvalue weighted by atomic mass is 19.4. The second-order valence-electron chi connectivity index (χ2n) is 5.75. The first-order valence-corrected chi connectivity index (χ1v) is 7.69. The summed E-state index contributed by atoms with van der Waals surface area (Å²) in [7, 11) is 0. The Morgan fingerprint density at radius 2 is 1.85 bits per heavy atom. The van der Waals surface area contributed by atoms with Crippen LogP contribution in [0.25, 0.3) is 0 Å². The minimum atomic E-state index is -4.68. The molecular formula is C17H11F4N5. The van der Waals surface area contributed by atoms with E-state index in [1.165, 1.54) is 24.3 Å². The van der Waals surface area contributed by atoms with Crippen molar-refractivity contribution in [3.63, 3.8) is 0 Å². The third-order valence-electron chi connectivity index (χ3n) is 4.03. The first-order chi connectivity index (χ1) is 12.4. The van der Waals surface area contributed by atoms with Gasteiger partial charge in [-0.05, 0) is 23.8 Å². The topological polar surface area (TPSA) is 56.0 Å². The number of hydrogen-bond donors (Lipinski definition) is 0. The summed E-state index contributed by atoms with van der Waals surface area (Å²) in [5, 5.41) is 3.59. The van der Waals surface area contributed by atoms with Crippen molar-refractivity contribution in [3.05, 3.63) is 71.6 Å². The minimum absolute atomic E-state index is 0.142. The Kier molecular flexibility index (Phi) is 3.78. The molecule has 9 heteroatoms. The van der Waals surface area contributed by atoms with Gasteiger partial charge in [-0.25, -0.2) is 14.1 Å². The van der Waals surface area contributed by atoms with Crippen molar-refractivity contribution in [2.24, 2.45) is 4.99 Å². The second kappa shape index (κ2) is 6.01. The van der Waals surface area contributed by atoms with Crippen molar-refractivity contribution in [2.75, 3.05) is 0 Å². The molecule has 1 aliphatic rings. The molecule has 26 heavy (non-hydrogen) atoms. The number of pyridine rings is 1. The van der Waals surface area contributed by atoms with E-state index in [9.17, 15) is 17.6 Å². The van der Waals surface area contributed by atoms with Crippen LogP contribution in [0.1, 0.15) is 29.4 Å². The molecule has 3 aromatic rings. The number of nitrogens with zero attached hydrogens (tertiary/aromatic N) is 5. The summed E-state index contributed by atoms with van der Waals surface area (Å²) in [6.45, 7) is 0. The van der Waals surface area contributed by atoms with Gasteiger partial charge in [-0.2, -0.15) is 18.2 Å². The maximum atomic E-state index is 13.2. The van der Waals surface area contributed by atoms with Gasteiger partial charge >= 0.3 is 6.18 Å². The lowest BCUT2D eigenvalue weighted by Crippen LogP contribution is -2.21. The van der Waals surface area contributed by atoms with E-state index in [0.29, 0.717) is 16.8 Å². The van der Waals surface area contributed by atoms with Crippen LogP contribution in [0, 0.1) is 5.82 Å². The van der Waals surface area contributed by atoms with E-state index in [-0.39, 0.29) is 12.4 Å². The zero-order valence-electron chi connectivity index (χ0n) is 13.2. The van der Waals surface area contributed by atoms with Crippen LogP contribution in [0.15, 0.2) is 53.8 Å². The number of halogens is 4. The van der Waals surface area contributed by atoms with Gasteiger partial charge in [-0.3, -0.25) is 4.98 Å². The number of alkyl halides is 3. The smallest absolute Gasteiger partial charge is 0.264 e. The number of hydrogen-bond acceptors (Lipinski definition) is 4. The fraction of sp³-hybridized carbons (Fsp3) is 0.176. The van der Waals surface area contributed by atoms with Gasteiger partial charge in [-0.1, -0.05) is 18.2 Å². The molecule has 0 aliphatic carbocycles. The summed E-state index contributed by atoms with van der Waals surface area (Å²) < 4.78 is 53.5. The van der Waals surface area contributed by atoms with Gasteiger partial charge in [0.05, 0.1) is 11.8 Å². The summed E-state index contributed by atoms with van der Waals surface area (Å²) in [5.41, 5.74) is 1.84. The van der Waals surface area contributed by atoms with Crippen molar-refractivity contribution in [1.82, 2.24) is 19.7 Å². The summed E-state index contributed by atoms with van der Waals surface area (Å²) in [5.74, 6) is -1.83. The summed E-state index contributed by atoms with van der Waals surface area (Å²) >= 11 is 0. The first-order valence-electron chi connectivity index (χ1n) is 7.69. The molecule has 0 saturated carbocycles. The molecule has 2 aromatic heterocycles. The summed E-state index contributed by atoms with van der Waals surface area (Å²) in [4.78, 5) is 11.8. The normalized spacial score (nSPS) is 16.9. The zero-order chi connectivity index (χ0) is 18.3. The lowest BCUT2D eigenvalue weighted by Gasteiger charge is -2.23. The van der Waals surface area contributed by atoms with Crippen LogP contribution in [0.5, 0.6) is 0 Å². The highest BCUT2D eigenvalue weighted by Crippen LogP contribution is 2.36. The lowest BCUT2D eigenvalue weighted by molar-refractivity contribution is -0.145. The van der Waals surface area contributed by atoms with Crippen molar-refractivity contribution in [3.8, 4) is 0 Å². The Morgan fingerprint density at radius 1 is 1.08 bits per heavy atom. The van der Waals surface area contributed by atoms with E-state index in [0.717, 1.165) is 4.68 Å². The van der Waals surface area contributed by atoms with Crippen LogP contribution in [0.3, 0.4) is 0 Å². The van der Waals surface area contributed by atoms with Gasteiger partial charge < -0.3 is 0 Å². The highest BCUT2D eigenvalue weighted by molar-refractivity contribution is 6.02. The van der Waals surface area contributed by atoms with E-state index in [2.05, 4.69) is 20.1 Å². The van der Waals surface area contributed by atoms with Gasteiger partial charge in [0.2, 0.25) is 5.95 Å². The molecular weight excluding hydrogens is 350 g/mol. The predicted molar refractivity (Wildman–Crippen MR) is 84.6 cm³/mol. The molecule has 1 unspecified atom stereocenters. The average Bonchev–Trinajstić information content (AvgIpc) is 3.07. The van der Waals surface area contributed by atoms with E-state index < -0.39 is 23.9 Å². The Morgan fingerprint density at radius 3 is 2.50 bits per heavy atom. The van der Waals surface area contributed by atoms with Crippen molar-refractivity contribution < 1.29 is 17.6 Å². The maximum absolute atomic E-state index is 13.2. The third kappa shape index (κ3) is 2.96. The zero-order valence-corrected chi connectivity index (χ0v) is 13.2. The third-order valence-corrected chi connectivity index (χ3v) is 4.03. The van der Waals surface area contributed by atoms with E-state index in [4.69, 9.17) is 0 Å². The van der Waals surface area contributed by atoms with Crippen LogP contribution in [-0.2, 0) is 6.18 Å². The molecule has 5 nitrogen and oxygen atoms in total. The monoisotopic (exact) mass is 361 g/mol. The molecule has 4 rings (SSSR count). The molecule has 1 aliphatic heterocycles. The average molecular weight is 361 g/mol. The van der Waals surface area contributed by atoms with E-state index in [1.807, 2.05) is 0 Å². The van der Waals surface area contributed by atoms with Crippen LogP contribution in [0.4, 0.5) is 23.5 Å². The Hall–Kier alpha value is -3.10. The molecule has 0 radical (unpaired) electrons. The molecule has 0 spiro atoms. The van der Waals surface area contributed by atoms with Gasteiger partial charge in [0.15, 0.2) is 0 Å². The number of fused-ring (bicyclic) bond motifs is 1. The van der Waals surface area contributed by atoms with Gasteiger partial charge in [0, 0.05) is 24.4 Å². The largest absolute Gasteiger partial charge is 0.453 e. The van der Waals surface area contributed by atoms with Crippen molar-refractivity contribution in [1.29, 1.82) is 0 Å². The van der Waals surface area contributed by atoms with Crippen LogP contribution < -0.4 is 0 Å². The van der Waals surface area contributed by atoms with Gasteiger partial charge in [0.25, 0.3) is 5.82 Å². The quantitative estimate of drug-likeness (QED) is 0.650. The molecule has 132 valence electrons. The number of rotatable bonds is 2. The minimum Gasteiger partial charge on any atom is -0.264 e. The SMILES string of the molecule is Fc1ccc(C2CC(c3cccnc3)=Nc3nc(C(F)(F)F)nn32)cc1. The molecule has 0 bridgehead atoms. The molecule has 0 amide bonds. The standard InChI is InChI=1S/C17H11F4N5/c18-12-5-3-10(4-6-12)14-8-13(11-2-1-7-22-9-11)23-16-24-15(17(19,20)21)25-26(14)16/h1-7,9,14H,8H2. The van der Waals surface area contributed by atoms with Crippen LogP contribution in [0.2, 0.25) is 0 Å². The number of benzene rings is 1. The number of aliphatic imine (C=N–C) groups is 1. The first kappa shape index (κ1) is 16.4. The maximum Gasteiger partial charge on any atom is 0.453 e. The van der Waals surface area contributed by atoms with Crippen LogP contribution >= 0.6 is 0 Å². The van der Waals surface area contributed by atoms with Crippen LogP contribution in [-0.4, -0.2) is 25.5 Å². The summed E-state index contributed by atoms with van der Waals surface area (Å²) in [6.07, 6.45) is -1.22. The predicted octanol–water partition coefficient (Wildman–Crippen LogP) is 3.94. The molecule has 1 aromatic carbocycles.